The van der Waals surface area contributed by atoms with Crippen molar-refractivity contribution in [3.8, 4) is 0 Å². The Morgan fingerprint density at radius 2 is 2.00 bits per heavy atom. The van der Waals surface area contributed by atoms with Gasteiger partial charge in [-0.2, -0.15) is 0 Å². The van der Waals surface area contributed by atoms with Crippen molar-refractivity contribution in [1.82, 2.24) is 15.5 Å². The van der Waals surface area contributed by atoms with Crippen molar-refractivity contribution in [1.29, 1.82) is 0 Å². The van der Waals surface area contributed by atoms with Gasteiger partial charge in [0.1, 0.15) is 12.1 Å². The Kier molecular flexibility index (Phi) is 3.85. The minimum atomic E-state index is -3.17. The topological polar surface area (TPSA) is 113 Å². The maximum absolute atomic E-state index is 13.0. The number of sulfone groups is 1. The Morgan fingerprint density at radius 3 is 2.70 bits per heavy atom. The van der Waals surface area contributed by atoms with E-state index in [4.69, 9.17) is 0 Å². The first-order chi connectivity index (χ1) is 12.6. The zero-order valence-corrected chi connectivity index (χ0v) is 15.8. The molecule has 4 rings (SSSR count). The molecule has 27 heavy (non-hydrogen) atoms. The van der Waals surface area contributed by atoms with Gasteiger partial charge in [-0.25, -0.2) is 13.2 Å². The molecule has 2 aliphatic heterocycles. The van der Waals surface area contributed by atoms with E-state index in [0.717, 1.165) is 16.0 Å². The lowest BCUT2D eigenvalue weighted by Crippen LogP contribution is -2.51. The summed E-state index contributed by atoms with van der Waals surface area (Å²) in [5.41, 5.74) is -0.178. The van der Waals surface area contributed by atoms with Crippen molar-refractivity contribution in [3.05, 3.63) is 35.4 Å². The van der Waals surface area contributed by atoms with Gasteiger partial charge in [-0.05, 0) is 37.3 Å². The first-order valence-corrected chi connectivity index (χ1v) is 10.7. The summed E-state index contributed by atoms with van der Waals surface area (Å²) in [5.74, 6) is -1.09. The molecule has 3 aliphatic rings. The second kappa shape index (κ2) is 5.79. The summed E-state index contributed by atoms with van der Waals surface area (Å²) in [6.45, 7) is 1.24. The molecule has 2 saturated heterocycles. The highest BCUT2D eigenvalue weighted by atomic mass is 32.2. The number of aryl methyl sites for hydroxylation is 1. The lowest BCUT2D eigenvalue weighted by Gasteiger charge is -2.25. The van der Waals surface area contributed by atoms with Crippen LogP contribution >= 0.6 is 0 Å². The summed E-state index contributed by atoms with van der Waals surface area (Å²) in [6.07, 6.45) is 1.46. The third-order valence-electron chi connectivity index (χ3n) is 5.67. The number of urea groups is 1. The van der Waals surface area contributed by atoms with Crippen molar-refractivity contribution >= 4 is 27.7 Å². The summed E-state index contributed by atoms with van der Waals surface area (Å²) < 4.78 is 23.4. The highest BCUT2D eigenvalue weighted by Gasteiger charge is 2.55. The van der Waals surface area contributed by atoms with Crippen molar-refractivity contribution in [2.75, 3.05) is 18.1 Å². The zero-order valence-electron chi connectivity index (χ0n) is 14.9. The van der Waals surface area contributed by atoms with Crippen LogP contribution in [-0.2, 0) is 31.4 Å². The van der Waals surface area contributed by atoms with Crippen LogP contribution in [0.1, 0.15) is 30.9 Å². The Labute approximate surface area is 157 Å². The first kappa shape index (κ1) is 18.0. The fraction of sp³-hybridized carbons (Fsp3) is 0.500. The summed E-state index contributed by atoms with van der Waals surface area (Å²) >= 11 is 0. The number of amides is 4. The Balaban J connectivity index is 1.50. The second-order valence-electron chi connectivity index (χ2n) is 7.83. The quantitative estimate of drug-likeness (QED) is 0.708. The van der Waals surface area contributed by atoms with Crippen LogP contribution in [-0.4, -0.2) is 54.8 Å². The lowest BCUT2D eigenvalue weighted by atomic mass is 9.92. The number of imide groups is 1. The molecule has 0 bridgehead atoms. The molecule has 9 heteroatoms. The summed E-state index contributed by atoms with van der Waals surface area (Å²) in [7, 11) is -3.17. The number of hydrogen-bond donors (Lipinski definition) is 2. The number of benzene rings is 1. The minimum absolute atomic E-state index is 0.0206. The molecule has 8 nitrogen and oxygen atoms in total. The van der Waals surface area contributed by atoms with Crippen molar-refractivity contribution in [2.24, 2.45) is 0 Å². The molecule has 2 fully saturated rings. The molecule has 1 aromatic carbocycles. The van der Waals surface area contributed by atoms with Crippen LogP contribution < -0.4 is 10.6 Å². The standard InChI is InChI=1S/C18H21N3O5S/c1-17(8-9-27(25,26)11-17)19-14(22)10-21-15(23)18(20-16(21)24)7-6-12-4-2-3-5-13(12)18/h2-5H,6-11H2,1H3,(H,19,22)(H,20,24)/t17-,18-/m1/s1. The molecule has 2 N–H and O–H groups in total. The van der Waals surface area contributed by atoms with E-state index in [-0.39, 0.29) is 11.5 Å². The lowest BCUT2D eigenvalue weighted by molar-refractivity contribution is -0.135. The third-order valence-corrected chi connectivity index (χ3v) is 7.57. The molecule has 0 saturated carbocycles. The molecular weight excluding hydrogens is 370 g/mol. The minimum Gasteiger partial charge on any atom is -0.348 e. The number of hydrogen-bond acceptors (Lipinski definition) is 5. The van der Waals surface area contributed by atoms with Crippen molar-refractivity contribution in [3.63, 3.8) is 0 Å². The molecule has 0 unspecified atom stereocenters. The number of fused-ring (bicyclic) bond motifs is 2. The van der Waals surface area contributed by atoms with Crippen LogP contribution in [0.5, 0.6) is 0 Å². The predicted octanol–water partition coefficient (Wildman–Crippen LogP) is 0.0733. The van der Waals surface area contributed by atoms with Crippen molar-refractivity contribution < 1.29 is 22.8 Å². The van der Waals surface area contributed by atoms with Gasteiger partial charge in [0.25, 0.3) is 5.91 Å². The van der Waals surface area contributed by atoms with E-state index in [1.165, 1.54) is 0 Å². The van der Waals surface area contributed by atoms with Gasteiger partial charge in [0, 0.05) is 0 Å². The van der Waals surface area contributed by atoms with Crippen LogP contribution in [0.15, 0.2) is 24.3 Å². The van der Waals surface area contributed by atoms with Crippen molar-refractivity contribution in [2.45, 2.75) is 37.3 Å². The summed E-state index contributed by atoms with van der Waals surface area (Å²) in [5, 5.41) is 5.45. The molecule has 2 atom stereocenters. The van der Waals surface area contributed by atoms with Gasteiger partial charge in [0.05, 0.1) is 17.0 Å². The van der Waals surface area contributed by atoms with E-state index in [1.807, 2.05) is 24.3 Å². The van der Waals surface area contributed by atoms with E-state index in [2.05, 4.69) is 10.6 Å². The predicted molar refractivity (Wildman–Crippen MR) is 96.5 cm³/mol. The van der Waals surface area contributed by atoms with Gasteiger partial charge in [-0.15, -0.1) is 0 Å². The van der Waals surface area contributed by atoms with Crippen LogP contribution in [0.3, 0.4) is 0 Å². The Hall–Kier alpha value is -2.42. The average molecular weight is 391 g/mol. The summed E-state index contributed by atoms with van der Waals surface area (Å²) in [4.78, 5) is 38.8. The van der Waals surface area contributed by atoms with Gasteiger partial charge in [0.2, 0.25) is 5.91 Å². The van der Waals surface area contributed by atoms with Gasteiger partial charge in [-0.3, -0.25) is 14.5 Å². The number of carbonyl (C=O) groups is 3. The smallest absolute Gasteiger partial charge is 0.325 e. The normalized spacial score (nSPS) is 31.2. The molecule has 0 radical (unpaired) electrons. The Bertz CT molecular complexity index is 959. The monoisotopic (exact) mass is 391 g/mol. The van der Waals surface area contributed by atoms with E-state index in [9.17, 15) is 22.8 Å². The largest absolute Gasteiger partial charge is 0.348 e. The maximum atomic E-state index is 13.0. The third kappa shape index (κ3) is 2.90. The van der Waals surface area contributed by atoms with Crippen LogP contribution in [0.4, 0.5) is 4.79 Å². The van der Waals surface area contributed by atoms with Crippen LogP contribution in [0, 0.1) is 0 Å². The molecule has 1 spiro atoms. The van der Waals surface area contributed by atoms with Gasteiger partial charge in [0.15, 0.2) is 9.84 Å². The second-order valence-corrected chi connectivity index (χ2v) is 10.0. The number of nitrogens with one attached hydrogen (secondary N) is 2. The average Bonchev–Trinajstić information content (AvgIpc) is 3.17. The molecule has 1 aliphatic carbocycles. The molecule has 2 heterocycles. The molecule has 144 valence electrons. The highest BCUT2D eigenvalue weighted by Crippen LogP contribution is 2.41. The van der Waals surface area contributed by atoms with E-state index >= 15 is 0 Å². The molecule has 1 aromatic rings. The maximum Gasteiger partial charge on any atom is 0.325 e. The van der Waals surface area contributed by atoms with Gasteiger partial charge >= 0.3 is 6.03 Å². The van der Waals surface area contributed by atoms with E-state index in [1.54, 1.807) is 6.92 Å². The fourth-order valence-electron chi connectivity index (χ4n) is 4.36. The summed E-state index contributed by atoms with van der Waals surface area (Å²) in [6, 6.07) is 6.87. The molecule has 0 aromatic heterocycles. The van der Waals surface area contributed by atoms with Crippen LogP contribution in [0.2, 0.25) is 0 Å². The number of rotatable bonds is 3. The first-order valence-electron chi connectivity index (χ1n) is 8.88. The fourth-order valence-corrected chi connectivity index (χ4v) is 6.46. The van der Waals surface area contributed by atoms with E-state index < -0.39 is 45.3 Å². The van der Waals surface area contributed by atoms with Crippen LogP contribution in [0.25, 0.3) is 0 Å². The number of carbonyl (C=O) groups excluding carboxylic acids is 3. The number of nitrogens with zero attached hydrogens (tertiary/aromatic N) is 1. The molecular formula is C18H21N3O5S. The van der Waals surface area contributed by atoms with Gasteiger partial charge in [-0.1, -0.05) is 24.3 Å². The Morgan fingerprint density at radius 1 is 1.26 bits per heavy atom. The van der Waals surface area contributed by atoms with Gasteiger partial charge < -0.3 is 10.6 Å². The molecule has 4 amide bonds. The SMILES string of the molecule is C[C@@]1(NC(=O)CN2C(=O)N[C@@]3(CCc4ccccc43)C2=O)CCS(=O)(=O)C1. The highest BCUT2D eigenvalue weighted by molar-refractivity contribution is 7.91. The zero-order chi connectivity index (χ0) is 19.4. The van der Waals surface area contributed by atoms with E-state index in [0.29, 0.717) is 19.3 Å².